The van der Waals surface area contributed by atoms with Gasteiger partial charge in [0, 0.05) is 17.7 Å². The number of hydrogen-bond acceptors (Lipinski definition) is 5. The van der Waals surface area contributed by atoms with Crippen LogP contribution in [0.25, 0.3) is 22.8 Å². The smallest absolute Gasteiger partial charge is 0.320 e. The number of methoxy groups -OCH3 is 1. The molecule has 5 nitrogen and oxygen atoms in total. The summed E-state index contributed by atoms with van der Waals surface area (Å²) in [6, 6.07) is 15.4. The number of nitrogens with zero attached hydrogens (tertiary/aromatic N) is 3. The predicted molar refractivity (Wildman–Crippen MR) is 90.2 cm³/mol. The van der Waals surface area contributed by atoms with Gasteiger partial charge >= 0.3 is 6.01 Å². The molecule has 0 aliphatic carbocycles. The van der Waals surface area contributed by atoms with Crippen LogP contribution in [0.5, 0.6) is 6.01 Å². The third-order valence-corrected chi connectivity index (χ3v) is 3.67. The van der Waals surface area contributed by atoms with Crippen LogP contribution in [-0.4, -0.2) is 22.1 Å². The molecule has 0 saturated heterocycles. The van der Waals surface area contributed by atoms with Gasteiger partial charge in [-0.1, -0.05) is 48.0 Å². The van der Waals surface area contributed by atoms with E-state index in [4.69, 9.17) is 22.1 Å². The fourth-order valence-electron chi connectivity index (χ4n) is 2.16. The predicted octanol–water partition coefficient (Wildman–Crippen LogP) is 3.33. The van der Waals surface area contributed by atoms with Crippen LogP contribution in [0.2, 0.25) is 5.02 Å². The Morgan fingerprint density at radius 2 is 1.74 bits per heavy atom. The van der Waals surface area contributed by atoms with Crippen molar-refractivity contribution >= 4 is 11.6 Å². The SMILES string of the molecule is COc1nc(-c2ccccc2)nc(-c2cc(CN)ccc2Cl)n1. The molecular formula is C17H15ClN4O. The first-order valence-corrected chi connectivity index (χ1v) is 7.43. The highest BCUT2D eigenvalue weighted by molar-refractivity contribution is 6.33. The van der Waals surface area contributed by atoms with E-state index in [2.05, 4.69) is 15.0 Å². The molecule has 3 rings (SSSR count). The van der Waals surface area contributed by atoms with E-state index < -0.39 is 0 Å². The molecule has 1 heterocycles. The molecule has 116 valence electrons. The number of ether oxygens (including phenoxy) is 1. The molecule has 0 radical (unpaired) electrons. The third kappa shape index (κ3) is 3.31. The Morgan fingerprint density at radius 1 is 1.00 bits per heavy atom. The van der Waals surface area contributed by atoms with E-state index in [0.29, 0.717) is 28.8 Å². The number of nitrogens with two attached hydrogens (primary N) is 1. The molecule has 0 saturated carbocycles. The first-order valence-electron chi connectivity index (χ1n) is 7.05. The molecule has 0 bridgehead atoms. The Morgan fingerprint density at radius 3 is 2.43 bits per heavy atom. The Kier molecular flexibility index (Phi) is 4.50. The largest absolute Gasteiger partial charge is 0.467 e. The van der Waals surface area contributed by atoms with Crippen LogP contribution < -0.4 is 10.5 Å². The molecule has 0 unspecified atom stereocenters. The molecule has 2 N–H and O–H groups in total. The summed E-state index contributed by atoms with van der Waals surface area (Å²) in [5.74, 6) is 0.984. The van der Waals surface area contributed by atoms with E-state index in [-0.39, 0.29) is 6.01 Å². The summed E-state index contributed by atoms with van der Waals surface area (Å²) in [5, 5.41) is 0.550. The summed E-state index contributed by atoms with van der Waals surface area (Å²) in [4.78, 5) is 13.2. The number of aromatic nitrogens is 3. The molecule has 0 spiro atoms. The lowest BCUT2D eigenvalue weighted by Gasteiger charge is -2.09. The lowest BCUT2D eigenvalue weighted by Crippen LogP contribution is -2.02. The van der Waals surface area contributed by atoms with Crippen molar-refractivity contribution in [1.29, 1.82) is 0 Å². The maximum absolute atomic E-state index is 6.30. The quantitative estimate of drug-likeness (QED) is 0.796. The highest BCUT2D eigenvalue weighted by Crippen LogP contribution is 2.28. The fourth-order valence-corrected chi connectivity index (χ4v) is 2.36. The molecule has 0 aliphatic heterocycles. The van der Waals surface area contributed by atoms with Gasteiger partial charge in [0.1, 0.15) is 0 Å². The zero-order valence-electron chi connectivity index (χ0n) is 12.5. The zero-order chi connectivity index (χ0) is 16.2. The molecule has 1 aromatic heterocycles. The number of benzene rings is 2. The Balaban J connectivity index is 2.16. The standard InChI is InChI=1S/C17H15ClN4O/c1-23-17-21-15(12-5-3-2-4-6-12)20-16(22-17)13-9-11(10-19)7-8-14(13)18/h2-9H,10,19H2,1H3. The highest BCUT2D eigenvalue weighted by atomic mass is 35.5. The first-order chi connectivity index (χ1) is 11.2. The normalized spacial score (nSPS) is 10.6. The fraction of sp³-hybridized carbons (Fsp3) is 0.118. The van der Waals surface area contributed by atoms with Crippen LogP contribution in [0.15, 0.2) is 48.5 Å². The molecule has 6 heteroatoms. The number of rotatable bonds is 4. The lowest BCUT2D eigenvalue weighted by molar-refractivity contribution is 0.379. The van der Waals surface area contributed by atoms with Gasteiger partial charge < -0.3 is 10.5 Å². The van der Waals surface area contributed by atoms with E-state index >= 15 is 0 Å². The van der Waals surface area contributed by atoms with E-state index in [1.165, 1.54) is 7.11 Å². The molecule has 3 aromatic rings. The Labute approximate surface area is 139 Å². The maximum Gasteiger partial charge on any atom is 0.320 e. The van der Waals surface area contributed by atoms with Gasteiger partial charge in [0.15, 0.2) is 11.6 Å². The maximum atomic E-state index is 6.30. The topological polar surface area (TPSA) is 73.9 Å². The summed E-state index contributed by atoms with van der Waals surface area (Å²) >= 11 is 6.30. The molecule has 2 aromatic carbocycles. The van der Waals surface area contributed by atoms with Crippen molar-refractivity contribution in [2.75, 3.05) is 7.11 Å². The monoisotopic (exact) mass is 326 g/mol. The van der Waals surface area contributed by atoms with Crippen molar-refractivity contribution in [3.8, 4) is 28.8 Å². The van der Waals surface area contributed by atoms with Gasteiger partial charge in [-0.05, 0) is 17.7 Å². The van der Waals surface area contributed by atoms with Crippen LogP contribution in [0, 0.1) is 0 Å². The van der Waals surface area contributed by atoms with Crippen LogP contribution >= 0.6 is 11.6 Å². The highest BCUT2D eigenvalue weighted by Gasteiger charge is 2.13. The average Bonchev–Trinajstić information content (AvgIpc) is 2.62. The Hall–Kier alpha value is -2.50. The summed E-state index contributed by atoms with van der Waals surface area (Å²) in [7, 11) is 1.52. The van der Waals surface area contributed by atoms with Gasteiger partial charge in [-0.2, -0.15) is 9.97 Å². The molecular weight excluding hydrogens is 312 g/mol. The van der Waals surface area contributed by atoms with Crippen molar-refractivity contribution in [2.45, 2.75) is 6.54 Å². The van der Waals surface area contributed by atoms with Gasteiger partial charge in [-0.25, -0.2) is 4.98 Å². The van der Waals surface area contributed by atoms with Crippen LogP contribution in [0.3, 0.4) is 0 Å². The van der Waals surface area contributed by atoms with Crippen molar-refractivity contribution in [1.82, 2.24) is 15.0 Å². The third-order valence-electron chi connectivity index (χ3n) is 3.34. The van der Waals surface area contributed by atoms with Crippen molar-refractivity contribution in [3.63, 3.8) is 0 Å². The Bertz CT molecular complexity index is 824. The second-order valence-corrected chi connectivity index (χ2v) is 5.26. The van der Waals surface area contributed by atoms with Crippen molar-refractivity contribution in [3.05, 3.63) is 59.1 Å². The van der Waals surface area contributed by atoms with E-state index in [1.807, 2.05) is 42.5 Å². The average molecular weight is 327 g/mol. The van der Waals surface area contributed by atoms with Gasteiger partial charge in [0.25, 0.3) is 0 Å². The van der Waals surface area contributed by atoms with Crippen molar-refractivity contribution in [2.24, 2.45) is 5.73 Å². The minimum Gasteiger partial charge on any atom is -0.467 e. The van der Waals surface area contributed by atoms with Crippen LogP contribution in [-0.2, 0) is 6.54 Å². The van der Waals surface area contributed by atoms with E-state index in [1.54, 1.807) is 6.07 Å². The van der Waals surface area contributed by atoms with E-state index in [9.17, 15) is 0 Å². The summed E-state index contributed by atoms with van der Waals surface area (Å²) in [6.45, 7) is 0.415. The van der Waals surface area contributed by atoms with Crippen LogP contribution in [0.4, 0.5) is 0 Å². The molecule has 23 heavy (non-hydrogen) atoms. The first kappa shape index (κ1) is 15.4. The van der Waals surface area contributed by atoms with Gasteiger partial charge in [-0.3, -0.25) is 0 Å². The number of halogens is 1. The van der Waals surface area contributed by atoms with Crippen LogP contribution in [0.1, 0.15) is 5.56 Å². The molecule has 0 atom stereocenters. The lowest BCUT2D eigenvalue weighted by atomic mass is 10.1. The van der Waals surface area contributed by atoms with Crippen molar-refractivity contribution < 1.29 is 4.74 Å². The molecule has 0 fully saturated rings. The van der Waals surface area contributed by atoms with Gasteiger partial charge in [0.2, 0.25) is 0 Å². The second-order valence-electron chi connectivity index (χ2n) is 4.85. The summed E-state index contributed by atoms with van der Waals surface area (Å²) < 4.78 is 5.20. The second kappa shape index (κ2) is 6.73. The van der Waals surface area contributed by atoms with Gasteiger partial charge in [0.05, 0.1) is 12.1 Å². The summed E-state index contributed by atoms with van der Waals surface area (Å²) in [6.07, 6.45) is 0. The van der Waals surface area contributed by atoms with Gasteiger partial charge in [-0.15, -0.1) is 0 Å². The molecule has 0 amide bonds. The summed E-state index contributed by atoms with van der Waals surface area (Å²) in [5.41, 5.74) is 8.23. The minimum atomic E-state index is 0.239. The minimum absolute atomic E-state index is 0.239. The van der Waals surface area contributed by atoms with E-state index in [0.717, 1.165) is 11.1 Å². The number of hydrogen-bond donors (Lipinski definition) is 1. The zero-order valence-corrected chi connectivity index (χ0v) is 13.3. The molecule has 0 aliphatic rings.